The Bertz CT molecular complexity index is 253. The SMILES string of the molecule is C=CC(=O)O.CC(=O)OC(O)COCCOCCO. The molecule has 1 unspecified atom stereocenters. The molecule has 8 nitrogen and oxygen atoms in total. The van der Waals surface area contributed by atoms with Crippen LogP contribution in [0.3, 0.4) is 0 Å². The van der Waals surface area contributed by atoms with Crippen molar-refractivity contribution in [1.29, 1.82) is 0 Å². The van der Waals surface area contributed by atoms with Crippen LogP contribution in [-0.4, -0.2) is 66.6 Å². The molecule has 0 heterocycles. The molecule has 112 valence electrons. The van der Waals surface area contributed by atoms with Crippen molar-refractivity contribution in [3.05, 3.63) is 12.7 Å². The van der Waals surface area contributed by atoms with Crippen molar-refractivity contribution in [1.82, 2.24) is 0 Å². The summed E-state index contributed by atoms with van der Waals surface area (Å²) in [5.41, 5.74) is 0. The van der Waals surface area contributed by atoms with E-state index in [-0.39, 0.29) is 26.4 Å². The van der Waals surface area contributed by atoms with Gasteiger partial charge in [0.2, 0.25) is 6.29 Å². The fourth-order valence-electron chi connectivity index (χ4n) is 0.694. The highest BCUT2D eigenvalue weighted by molar-refractivity contribution is 5.78. The lowest BCUT2D eigenvalue weighted by atomic mass is 10.6. The predicted molar refractivity (Wildman–Crippen MR) is 64.3 cm³/mol. The van der Waals surface area contributed by atoms with E-state index in [0.717, 1.165) is 6.08 Å². The van der Waals surface area contributed by atoms with E-state index in [1.165, 1.54) is 6.92 Å². The molecular formula is C11H20O8. The number of aliphatic hydroxyl groups excluding tert-OH is 2. The number of carbonyl (C=O) groups excluding carboxylic acids is 1. The minimum absolute atomic E-state index is 0.0317. The Hall–Kier alpha value is -1.48. The fraction of sp³-hybridized carbons (Fsp3) is 0.636. The molecule has 0 bridgehead atoms. The van der Waals surface area contributed by atoms with E-state index in [1.54, 1.807) is 0 Å². The second kappa shape index (κ2) is 14.6. The van der Waals surface area contributed by atoms with Gasteiger partial charge in [0.05, 0.1) is 26.4 Å². The fourth-order valence-corrected chi connectivity index (χ4v) is 0.694. The topological polar surface area (TPSA) is 123 Å². The third kappa shape index (κ3) is 22.2. The lowest BCUT2D eigenvalue weighted by Crippen LogP contribution is -2.22. The van der Waals surface area contributed by atoms with Gasteiger partial charge >= 0.3 is 11.9 Å². The molecule has 19 heavy (non-hydrogen) atoms. The smallest absolute Gasteiger partial charge is 0.327 e. The summed E-state index contributed by atoms with van der Waals surface area (Å²) in [6.07, 6.45) is -0.398. The molecule has 0 aromatic carbocycles. The van der Waals surface area contributed by atoms with Gasteiger partial charge in [0.15, 0.2) is 0 Å². The maximum absolute atomic E-state index is 10.3. The number of esters is 1. The second-order valence-electron chi connectivity index (χ2n) is 3.02. The largest absolute Gasteiger partial charge is 0.478 e. The van der Waals surface area contributed by atoms with Gasteiger partial charge < -0.3 is 29.5 Å². The molecule has 0 aliphatic carbocycles. The van der Waals surface area contributed by atoms with Crippen LogP contribution in [0.15, 0.2) is 12.7 Å². The lowest BCUT2D eigenvalue weighted by molar-refractivity contribution is -0.175. The molecule has 0 radical (unpaired) electrons. The summed E-state index contributed by atoms with van der Waals surface area (Å²) in [5.74, 6) is -1.54. The maximum atomic E-state index is 10.3. The molecule has 0 saturated carbocycles. The minimum Gasteiger partial charge on any atom is -0.478 e. The van der Waals surface area contributed by atoms with Crippen LogP contribution >= 0.6 is 0 Å². The van der Waals surface area contributed by atoms with Gasteiger partial charge in [-0.3, -0.25) is 4.79 Å². The van der Waals surface area contributed by atoms with E-state index in [9.17, 15) is 9.59 Å². The molecule has 3 N–H and O–H groups in total. The first-order valence-electron chi connectivity index (χ1n) is 5.41. The highest BCUT2D eigenvalue weighted by Gasteiger charge is 2.06. The van der Waals surface area contributed by atoms with Gasteiger partial charge in [-0.25, -0.2) is 4.79 Å². The van der Waals surface area contributed by atoms with Gasteiger partial charge in [-0.2, -0.15) is 0 Å². The average molecular weight is 280 g/mol. The molecule has 8 heteroatoms. The molecule has 0 rings (SSSR count). The summed E-state index contributed by atoms with van der Waals surface area (Å²) in [5, 5.41) is 24.9. The van der Waals surface area contributed by atoms with E-state index in [2.05, 4.69) is 11.3 Å². The van der Waals surface area contributed by atoms with E-state index in [4.69, 9.17) is 24.8 Å². The van der Waals surface area contributed by atoms with Crippen LogP contribution in [-0.2, 0) is 23.8 Å². The number of aliphatic hydroxyl groups is 2. The summed E-state index contributed by atoms with van der Waals surface area (Å²) in [7, 11) is 0. The minimum atomic E-state index is -1.23. The summed E-state index contributed by atoms with van der Waals surface area (Å²) in [4.78, 5) is 19.6. The number of aliphatic carboxylic acids is 1. The van der Waals surface area contributed by atoms with Gasteiger partial charge in [-0.15, -0.1) is 0 Å². The van der Waals surface area contributed by atoms with Gasteiger partial charge in [0.25, 0.3) is 0 Å². The highest BCUT2D eigenvalue weighted by atomic mass is 16.7. The average Bonchev–Trinajstić information content (AvgIpc) is 2.33. The molecule has 0 amide bonds. The van der Waals surface area contributed by atoms with Crippen LogP contribution in [0, 0.1) is 0 Å². The Morgan fingerprint density at radius 2 is 1.79 bits per heavy atom. The first-order valence-corrected chi connectivity index (χ1v) is 5.41. The van der Waals surface area contributed by atoms with Crippen molar-refractivity contribution in [3.63, 3.8) is 0 Å². The third-order valence-electron chi connectivity index (χ3n) is 1.34. The van der Waals surface area contributed by atoms with E-state index in [0.29, 0.717) is 6.61 Å². The molecule has 1 atom stereocenters. The summed E-state index contributed by atoms with van der Waals surface area (Å²) >= 11 is 0. The second-order valence-corrected chi connectivity index (χ2v) is 3.02. The van der Waals surface area contributed by atoms with Crippen LogP contribution < -0.4 is 0 Å². The quantitative estimate of drug-likeness (QED) is 0.216. The first kappa shape index (κ1) is 19.9. The molecule has 0 aromatic rings. The van der Waals surface area contributed by atoms with Gasteiger partial charge in [0, 0.05) is 13.0 Å². The maximum Gasteiger partial charge on any atom is 0.327 e. The van der Waals surface area contributed by atoms with Crippen molar-refractivity contribution >= 4 is 11.9 Å². The highest BCUT2D eigenvalue weighted by Crippen LogP contribution is 1.89. The zero-order valence-electron chi connectivity index (χ0n) is 10.8. The normalized spacial score (nSPS) is 10.9. The van der Waals surface area contributed by atoms with Crippen LogP contribution in [0.25, 0.3) is 0 Å². The standard InChI is InChI=1S/C8H16O6.C3H4O2/c1-7(10)14-8(11)6-13-5-4-12-3-2-9;1-2-3(4)5/h8-9,11H,2-6H2,1H3;2H,1H2,(H,4,5). The molecule has 0 spiro atoms. The van der Waals surface area contributed by atoms with Crippen molar-refractivity contribution in [2.24, 2.45) is 0 Å². The predicted octanol–water partition coefficient (Wildman–Crippen LogP) is -0.850. The lowest BCUT2D eigenvalue weighted by Gasteiger charge is -2.10. The Morgan fingerprint density at radius 1 is 1.26 bits per heavy atom. The number of hydrogen-bond donors (Lipinski definition) is 3. The molecule has 0 fully saturated rings. The summed E-state index contributed by atoms with van der Waals surface area (Å²) < 4.78 is 14.2. The number of ether oxygens (including phenoxy) is 3. The van der Waals surface area contributed by atoms with E-state index >= 15 is 0 Å². The number of carboxylic acid groups (broad SMARTS) is 1. The number of carbonyl (C=O) groups is 2. The van der Waals surface area contributed by atoms with Crippen molar-refractivity contribution in [2.75, 3.05) is 33.0 Å². The Kier molecular flexibility index (Phi) is 15.2. The summed E-state index contributed by atoms with van der Waals surface area (Å²) in [6, 6.07) is 0. The molecular weight excluding hydrogens is 260 g/mol. The molecule has 0 aromatic heterocycles. The van der Waals surface area contributed by atoms with Crippen molar-refractivity contribution in [3.8, 4) is 0 Å². The molecule has 0 aliphatic rings. The van der Waals surface area contributed by atoms with Gasteiger partial charge in [-0.1, -0.05) is 6.58 Å². The van der Waals surface area contributed by atoms with Crippen molar-refractivity contribution in [2.45, 2.75) is 13.2 Å². The van der Waals surface area contributed by atoms with Crippen LogP contribution in [0.5, 0.6) is 0 Å². The summed E-state index contributed by atoms with van der Waals surface area (Å²) in [6.45, 7) is 4.91. The monoisotopic (exact) mass is 280 g/mol. The van der Waals surface area contributed by atoms with Crippen molar-refractivity contribution < 1.29 is 39.1 Å². The molecule has 0 aliphatic heterocycles. The number of rotatable bonds is 9. The molecule has 0 saturated heterocycles. The van der Waals surface area contributed by atoms with Crippen LogP contribution in [0.2, 0.25) is 0 Å². The van der Waals surface area contributed by atoms with E-state index < -0.39 is 18.2 Å². The van der Waals surface area contributed by atoms with Crippen LogP contribution in [0.4, 0.5) is 0 Å². The Labute approximate surface area is 111 Å². The zero-order valence-corrected chi connectivity index (χ0v) is 10.8. The third-order valence-corrected chi connectivity index (χ3v) is 1.34. The number of hydrogen-bond acceptors (Lipinski definition) is 7. The zero-order chi connectivity index (χ0) is 15.1. The Balaban J connectivity index is 0. The number of carboxylic acids is 1. The first-order chi connectivity index (χ1) is 8.93. The Morgan fingerprint density at radius 3 is 2.21 bits per heavy atom. The van der Waals surface area contributed by atoms with Gasteiger partial charge in [0.1, 0.15) is 6.61 Å². The van der Waals surface area contributed by atoms with Gasteiger partial charge in [-0.05, 0) is 0 Å². The van der Waals surface area contributed by atoms with E-state index in [1.807, 2.05) is 0 Å². The van der Waals surface area contributed by atoms with Crippen LogP contribution in [0.1, 0.15) is 6.92 Å².